The predicted octanol–water partition coefficient (Wildman–Crippen LogP) is 0.803. The first-order valence-electron chi connectivity index (χ1n) is 6.76. The summed E-state index contributed by atoms with van der Waals surface area (Å²) >= 11 is 3.15. The highest BCUT2D eigenvalue weighted by Gasteiger charge is 2.32. The molecule has 0 heterocycles. The van der Waals surface area contributed by atoms with E-state index < -0.39 is 35.1 Å². The summed E-state index contributed by atoms with van der Waals surface area (Å²) in [6.45, 7) is -1.32. The van der Waals surface area contributed by atoms with Gasteiger partial charge in [-0.1, -0.05) is 0 Å². The van der Waals surface area contributed by atoms with E-state index in [1.807, 2.05) is 0 Å². The molecular formula is C14H18BrNO8S. The van der Waals surface area contributed by atoms with Crippen molar-refractivity contribution in [2.75, 3.05) is 41.5 Å². The lowest BCUT2D eigenvalue weighted by Gasteiger charge is -2.21. The van der Waals surface area contributed by atoms with Gasteiger partial charge < -0.3 is 18.9 Å². The van der Waals surface area contributed by atoms with Crippen LogP contribution in [0.1, 0.15) is 0 Å². The van der Waals surface area contributed by atoms with Crippen molar-refractivity contribution in [3.63, 3.8) is 0 Å². The number of carbonyl (C=O) groups excluding carboxylic acids is 2. The molecule has 1 aromatic carbocycles. The summed E-state index contributed by atoms with van der Waals surface area (Å²) in [5, 5.41) is 0. The maximum absolute atomic E-state index is 12.9. The van der Waals surface area contributed by atoms with Crippen LogP contribution < -0.4 is 9.47 Å². The summed E-state index contributed by atoms with van der Waals surface area (Å²) in [6, 6.07) is 2.62. The van der Waals surface area contributed by atoms with Crippen molar-refractivity contribution in [1.29, 1.82) is 0 Å². The Bertz CT molecular complexity index is 731. The van der Waals surface area contributed by atoms with Crippen LogP contribution in [0, 0.1) is 0 Å². The Balaban J connectivity index is 3.42. The number of halogens is 1. The fourth-order valence-electron chi connectivity index (χ4n) is 1.82. The lowest BCUT2D eigenvalue weighted by atomic mass is 10.3. The van der Waals surface area contributed by atoms with Gasteiger partial charge in [0.05, 0.1) is 28.4 Å². The molecule has 0 aliphatic carbocycles. The summed E-state index contributed by atoms with van der Waals surface area (Å²) in [6.07, 6.45) is 0. The van der Waals surface area contributed by atoms with E-state index in [2.05, 4.69) is 25.4 Å². The second kappa shape index (κ2) is 9.02. The van der Waals surface area contributed by atoms with Gasteiger partial charge in [-0.05, 0) is 22.0 Å². The van der Waals surface area contributed by atoms with Crippen molar-refractivity contribution in [2.24, 2.45) is 0 Å². The monoisotopic (exact) mass is 439 g/mol. The molecule has 0 bridgehead atoms. The van der Waals surface area contributed by atoms with Crippen LogP contribution in [0.15, 0.2) is 21.5 Å². The number of ether oxygens (including phenoxy) is 4. The normalized spacial score (nSPS) is 11.1. The zero-order valence-electron chi connectivity index (χ0n) is 14.1. The zero-order chi connectivity index (χ0) is 19.2. The number of benzene rings is 1. The Morgan fingerprint density at radius 3 is 1.80 bits per heavy atom. The third-order valence-electron chi connectivity index (χ3n) is 3.12. The van der Waals surface area contributed by atoms with Crippen molar-refractivity contribution in [3.05, 3.63) is 16.6 Å². The summed E-state index contributed by atoms with van der Waals surface area (Å²) in [4.78, 5) is 22.9. The number of rotatable bonds is 8. The Hall–Kier alpha value is -1.85. The largest absolute Gasteiger partial charge is 0.493 e. The molecule has 1 rings (SSSR count). The fraction of sp³-hybridized carbons (Fsp3) is 0.429. The molecule has 0 radical (unpaired) electrons. The lowest BCUT2D eigenvalue weighted by molar-refractivity contribution is -0.143. The molecule has 0 N–H and O–H groups in total. The minimum atomic E-state index is -4.25. The van der Waals surface area contributed by atoms with Crippen molar-refractivity contribution in [3.8, 4) is 11.5 Å². The van der Waals surface area contributed by atoms with Gasteiger partial charge in [-0.25, -0.2) is 8.42 Å². The van der Waals surface area contributed by atoms with E-state index in [0.29, 0.717) is 10.1 Å². The van der Waals surface area contributed by atoms with Crippen molar-refractivity contribution in [1.82, 2.24) is 4.31 Å². The SMILES string of the molecule is COC(=O)CN(CC(=O)OC)S(=O)(=O)c1cc(OC)c(OC)cc1Br. The van der Waals surface area contributed by atoms with Crippen molar-refractivity contribution < 1.29 is 37.0 Å². The molecule has 0 saturated carbocycles. The first-order chi connectivity index (χ1) is 11.7. The number of methoxy groups -OCH3 is 4. The Labute approximate surface area is 154 Å². The molecule has 1 aromatic rings. The van der Waals surface area contributed by atoms with Crippen LogP contribution in [-0.4, -0.2) is 66.2 Å². The number of carbonyl (C=O) groups is 2. The van der Waals surface area contributed by atoms with Crippen LogP contribution in [0.2, 0.25) is 0 Å². The van der Waals surface area contributed by atoms with Gasteiger partial charge in [0, 0.05) is 10.5 Å². The van der Waals surface area contributed by atoms with Gasteiger partial charge in [0.15, 0.2) is 11.5 Å². The second-order valence-corrected chi connectivity index (χ2v) is 7.32. The molecule has 9 nitrogen and oxygen atoms in total. The van der Waals surface area contributed by atoms with E-state index in [-0.39, 0.29) is 15.1 Å². The van der Waals surface area contributed by atoms with E-state index in [1.54, 1.807) is 0 Å². The van der Waals surface area contributed by atoms with Gasteiger partial charge in [-0.2, -0.15) is 4.31 Å². The fourth-order valence-corrected chi connectivity index (χ4v) is 4.14. The van der Waals surface area contributed by atoms with E-state index >= 15 is 0 Å². The molecule has 11 heteroatoms. The molecule has 0 amide bonds. The van der Waals surface area contributed by atoms with Crippen molar-refractivity contribution >= 4 is 37.9 Å². The topological polar surface area (TPSA) is 108 Å². The molecule has 0 aliphatic rings. The third kappa shape index (κ3) is 5.06. The Kier molecular flexibility index (Phi) is 7.64. The molecule has 25 heavy (non-hydrogen) atoms. The van der Waals surface area contributed by atoms with Gasteiger partial charge in [-0.3, -0.25) is 9.59 Å². The molecule has 140 valence electrons. The van der Waals surface area contributed by atoms with E-state index in [1.165, 1.54) is 26.4 Å². The molecular weight excluding hydrogens is 422 g/mol. The standard InChI is InChI=1S/C14H18BrNO8S/c1-21-10-5-9(15)12(6-11(10)22-2)25(19,20)16(7-13(17)23-3)8-14(18)24-4/h5-6H,7-8H2,1-4H3. The van der Waals surface area contributed by atoms with Crippen LogP contribution in [0.4, 0.5) is 0 Å². The van der Waals surface area contributed by atoms with Crippen LogP contribution in [0.3, 0.4) is 0 Å². The number of nitrogens with zero attached hydrogens (tertiary/aromatic N) is 1. The highest BCUT2D eigenvalue weighted by Crippen LogP contribution is 2.36. The third-order valence-corrected chi connectivity index (χ3v) is 5.87. The maximum atomic E-state index is 12.9. The van der Waals surface area contributed by atoms with Gasteiger partial charge in [0.2, 0.25) is 10.0 Å². The molecule has 0 aliphatic heterocycles. The second-order valence-electron chi connectivity index (χ2n) is 4.56. The number of sulfonamides is 1. The first kappa shape index (κ1) is 21.2. The average molecular weight is 440 g/mol. The molecule has 0 fully saturated rings. The van der Waals surface area contributed by atoms with Gasteiger partial charge in [0.25, 0.3) is 0 Å². The minimum Gasteiger partial charge on any atom is -0.493 e. The van der Waals surface area contributed by atoms with E-state index in [0.717, 1.165) is 14.2 Å². The number of hydrogen-bond donors (Lipinski definition) is 0. The summed E-state index contributed by atoms with van der Waals surface area (Å²) in [7, 11) is 0.719. The highest BCUT2D eigenvalue weighted by molar-refractivity contribution is 9.10. The van der Waals surface area contributed by atoms with E-state index in [9.17, 15) is 18.0 Å². The highest BCUT2D eigenvalue weighted by atomic mass is 79.9. The summed E-state index contributed by atoms with van der Waals surface area (Å²) in [5.41, 5.74) is 0. The molecule has 0 spiro atoms. The average Bonchev–Trinajstić information content (AvgIpc) is 2.59. The van der Waals surface area contributed by atoms with Crippen LogP contribution in [-0.2, 0) is 29.1 Å². The van der Waals surface area contributed by atoms with Crippen LogP contribution >= 0.6 is 15.9 Å². The van der Waals surface area contributed by atoms with Crippen molar-refractivity contribution in [2.45, 2.75) is 4.90 Å². The van der Waals surface area contributed by atoms with Gasteiger partial charge in [-0.15, -0.1) is 0 Å². The summed E-state index contributed by atoms with van der Waals surface area (Å²) in [5.74, 6) is -1.19. The Morgan fingerprint density at radius 1 is 0.960 bits per heavy atom. The quantitative estimate of drug-likeness (QED) is 0.547. The van der Waals surface area contributed by atoms with Crippen LogP contribution in [0.5, 0.6) is 11.5 Å². The predicted molar refractivity (Wildman–Crippen MR) is 90.0 cm³/mol. The molecule has 0 aromatic heterocycles. The number of esters is 2. The van der Waals surface area contributed by atoms with Gasteiger partial charge >= 0.3 is 11.9 Å². The number of hydrogen-bond acceptors (Lipinski definition) is 8. The van der Waals surface area contributed by atoms with E-state index in [4.69, 9.17) is 9.47 Å². The lowest BCUT2D eigenvalue weighted by Crippen LogP contribution is -2.40. The maximum Gasteiger partial charge on any atom is 0.321 e. The first-order valence-corrected chi connectivity index (χ1v) is 8.99. The zero-order valence-corrected chi connectivity index (χ0v) is 16.5. The van der Waals surface area contributed by atoms with Crippen LogP contribution in [0.25, 0.3) is 0 Å². The molecule has 0 saturated heterocycles. The molecule has 0 atom stereocenters. The minimum absolute atomic E-state index is 0.167. The van der Waals surface area contributed by atoms with Gasteiger partial charge in [0.1, 0.15) is 18.0 Å². The smallest absolute Gasteiger partial charge is 0.321 e. The molecule has 0 unspecified atom stereocenters. The summed E-state index contributed by atoms with van der Waals surface area (Å²) < 4.78 is 45.8. The Morgan fingerprint density at radius 2 is 1.40 bits per heavy atom.